The number of imidazole rings is 1. The van der Waals surface area contributed by atoms with Crippen molar-refractivity contribution in [3.8, 4) is 0 Å². The van der Waals surface area contributed by atoms with Crippen molar-refractivity contribution in [1.82, 2.24) is 30.2 Å². The van der Waals surface area contributed by atoms with Crippen molar-refractivity contribution in [2.24, 2.45) is 5.41 Å². The molecule has 1 fully saturated rings. The standard InChI is InChI=1S/C43H70N7O17P3S/c1-4-5-6-7-8-9-10-11-12-13-14-15-16-17-18-19-20-21-22-23-34(52)71-27-26-45-33(51)24-25-46-41(55)38(54)43(2,3)29-64-70(61,62)67-69(59,60)63-28-32-37(66-68(56,57)58)36(53)42(65-32)50-31-49-35-39(44)47-30-48-40(35)50/h8-9,11-12,14-15,17-18,30-32,36-38,42,53-54H,4-7,10,13,16,19-29H2,1-3H3,(H,45,51)(H,46,55)(H,59,60)(H,61,62)(H2,44,47,48)(H2,56,57,58)/b9-8-,12-11-,15-14-,18-17-/t32-,36-,37-,38+,42-/m1/s1. The highest BCUT2D eigenvalue weighted by atomic mass is 32.2. The van der Waals surface area contributed by atoms with Crippen LogP contribution in [0.2, 0.25) is 0 Å². The van der Waals surface area contributed by atoms with Crippen molar-refractivity contribution in [3.63, 3.8) is 0 Å². The number of allylic oxidation sites excluding steroid dienone is 8. The number of ether oxygens (including phenoxy) is 1. The molecule has 1 aliphatic rings. The highest BCUT2D eigenvalue weighted by molar-refractivity contribution is 8.13. The third-order valence-electron chi connectivity index (χ3n) is 10.5. The highest BCUT2D eigenvalue weighted by Gasteiger charge is 2.50. The van der Waals surface area contributed by atoms with Crippen molar-refractivity contribution in [2.45, 2.75) is 135 Å². The molecular formula is C43H70N7O17P3S. The van der Waals surface area contributed by atoms with Gasteiger partial charge < -0.3 is 50.9 Å². The number of nitrogen functional groups attached to an aromatic ring is 1. The maximum atomic E-state index is 12.8. The number of unbranched alkanes of at least 4 members (excludes halogenated alkanes) is 6. The van der Waals surface area contributed by atoms with E-state index in [1.165, 1.54) is 33.1 Å². The molecule has 0 aromatic carbocycles. The summed E-state index contributed by atoms with van der Waals surface area (Å²) >= 11 is 1.13. The summed E-state index contributed by atoms with van der Waals surface area (Å²) < 4.78 is 62.5. The average Bonchev–Trinajstić information content (AvgIpc) is 3.86. The Balaban J connectivity index is 1.28. The summed E-state index contributed by atoms with van der Waals surface area (Å²) in [5, 5.41) is 26.6. The number of nitrogens with one attached hydrogen (secondary N) is 2. The minimum atomic E-state index is -5.58. The summed E-state index contributed by atoms with van der Waals surface area (Å²) in [5.74, 6) is -1.07. The highest BCUT2D eigenvalue weighted by Crippen LogP contribution is 2.61. The molecule has 1 aliphatic heterocycles. The third kappa shape index (κ3) is 24.0. The van der Waals surface area contributed by atoms with E-state index in [1.54, 1.807) is 0 Å². The topological polar surface area (TPSA) is 364 Å². The van der Waals surface area contributed by atoms with E-state index in [9.17, 15) is 57.9 Å². The lowest BCUT2D eigenvalue weighted by Crippen LogP contribution is -2.46. The summed E-state index contributed by atoms with van der Waals surface area (Å²) in [6.45, 7) is 2.74. The number of aromatic nitrogens is 4. The van der Waals surface area contributed by atoms with Crippen LogP contribution in [0.1, 0.15) is 110 Å². The van der Waals surface area contributed by atoms with Crippen molar-refractivity contribution in [2.75, 3.05) is 37.8 Å². The number of amides is 2. The molecule has 400 valence electrons. The Morgan fingerprint density at radius 2 is 1.48 bits per heavy atom. The first-order valence-electron chi connectivity index (χ1n) is 23.2. The minimum Gasteiger partial charge on any atom is -0.386 e. The van der Waals surface area contributed by atoms with Gasteiger partial charge in [0.05, 0.1) is 19.5 Å². The number of aliphatic hydroxyl groups excluding tert-OH is 2. The molecule has 1 saturated heterocycles. The fraction of sp³-hybridized carbons (Fsp3) is 0.628. The first-order valence-corrected chi connectivity index (χ1v) is 28.7. The number of carbonyl (C=O) groups is 3. The van der Waals surface area contributed by atoms with Crippen LogP contribution in [0.15, 0.2) is 61.3 Å². The number of carbonyl (C=O) groups excluding carboxylic acids is 3. The molecule has 2 unspecified atom stereocenters. The predicted octanol–water partition coefficient (Wildman–Crippen LogP) is 5.59. The summed E-state index contributed by atoms with van der Waals surface area (Å²) in [6, 6.07) is 0. The fourth-order valence-corrected chi connectivity index (χ4v) is 10.2. The molecule has 0 radical (unpaired) electrons. The Morgan fingerprint density at radius 3 is 2.11 bits per heavy atom. The van der Waals surface area contributed by atoms with Crippen LogP contribution in [-0.2, 0) is 50.7 Å². The monoisotopic (exact) mass is 1080 g/mol. The van der Waals surface area contributed by atoms with Crippen LogP contribution in [0.25, 0.3) is 11.2 Å². The lowest BCUT2D eigenvalue weighted by atomic mass is 9.87. The molecule has 24 nitrogen and oxygen atoms in total. The number of fused-ring (bicyclic) bond motifs is 1. The lowest BCUT2D eigenvalue weighted by Gasteiger charge is -2.30. The first-order chi connectivity index (χ1) is 33.6. The van der Waals surface area contributed by atoms with Crippen LogP contribution >= 0.6 is 35.2 Å². The van der Waals surface area contributed by atoms with Crippen LogP contribution in [0.4, 0.5) is 5.82 Å². The van der Waals surface area contributed by atoms with E-state index in [4.69, 9.17) is 19.5 Å². The third-order valence-corrected chi connectivity index (χ3v) is 14.5. The van der Waals surface area contributed by atoms with Gasteiger partial charge in [0.25, 0.3) is 0 Å². The number of phosphoric ester groups is 3. The molecule has 0 spiro atoms. The van der Waals surface area contributed by atoms with Crippen LogP contribution in [-0.4, -0.2) is 123 Å². The molecule has 3 rings (SSSR count). The number of hydrogen-bond acceptors (Lipinski definition) is 18. The zero-order valence-corrected chi connectivity index (χ0v) is 43.7. The number of nitrogens with zero attached hydrogens (tertiary/aromatic N) is 4. The number of aliphatic hydroxyl groups is 2. The van der Waals surface area contributed by atoms with Gasteiger partial charge in [0.1, 0.15) is 36.3 Å². The van der Waals surface area contributed by atoms with Gasteiger partial charge >= 0.3 is 23.5 Å². The van der Waals surface area contributed by atoms with E-state index in [0.29, 0.717) is 12.2 Å². The van der Waals surface area contributed by atoms with Crippen molar-refractivity contribution in [1.29, 1.82) is 0 Å². The van der Waals surface area contributed by atoms with Gasteiger partial charge in [-0.15, -0.1) is 0 Å². The Kier molecular flexibility index (Phi) is 27.3. The molecule has 7 atom stereocenters. The fourth-order valence-electron chi connectivity index (χ4n) is 6.64. The molecule has 10 N–H and O–H groups in total. The van der Waals surface area contributed by atoms with Crippen LogP contribution in [0, 0.1) is 5.41 Å². The van der Waals surface area contributed by atoms with Gasteiger partial charge in [-0.1, -0.05) is 100 Å². The quantitative estimate of drug-likeness (QED) is 0.0231. The molecule has 71 heavy (non-hydrogen) atoms. The number of anilines is 1. The predicted molar refractivity (Wildman–Crippen MR) is 265 cm³/mol. The van der Waals surface area contributed by atoms with Gasteiger partial charge in [0, 0.05) is 37.1 Å². The second-order valence-corrected chi connectivity index (χ2v) is 22.4. The Labute approximate surface area is 417 Å². The molecule has 2 aromatic rings. The Morgan fingerprint density at radius 1 is 0.859 bits per heavy atom. The van der Waals surface area contributed by atoms with Gasteiger partial charge in [0.2, 0.25) is 11.8 Å². The Bertz CT molecular complexity index is 2260. The van der Waals surface area contributed by atoms with E-state index in [-0.39, 0.29) is 41.6 Å². The van der Waals surface area contributed by atoms with Crippen molar-refractivity contribution in [3.05, 3.63) is 61.3 Å². The van der Waals surface area contributed by atoms with E-state index >= 15 is 0 Å². The number of rotatable bonds is 35. The van der Waals surface area contributed by atoms with Crippen LogP contribution in [0.3, 0.4) is 0 Å². The molecule has 28 heteroatoms. The van der Waals surface area contributed by atoms with Gasteiger partial charge in [-0.2, -0.15) is 4.31 Å². The molecule has 0 aliphatic carbocycles. The second-order valence-electron chi connectivity index (χ2n) is 17.0. The number of nitrogens with two attached hydrogens (primary N) is 1. The molecule has 2 aromatic heterocycles. The largest absolute Gasteiger partial charge is 0.481 e. The molecule has 0 saturated carbocycles. The second kappa shape index (κ2) is 31.3. The van der Waals surface area contributed by atoms with Crippen molar-refractivity contribution >= 4 is 69.1 Å². The van der Waals surface area contributed by atoms with Crippen molar-refractivity contribution < 1.29 is 80.5 Å². The zero-order valence-electron chi connectivity index (χ0n) is 40.2. The van der Waals surface area contributed by atoms with Gasteiger partial charge in [-0.05, 0) is 51.4 Å². The summed E-state index contributed by atoms with van der Waals surface area (Å²) in [7, 11) is -16.4. The van der Waals surface area contributed by atoms with Crippen LogP contribution in [0.5, 0.6) is 0 Å². The van der Waals surface area contributed by atoms with Gasteiger partial charge in [-0.3, -0.25) is 32.5 Å². The van der Waals surface area contributed by atoms with E-state index in [2.05, 4.69) is 90.0 Å². The van der Waals surface area contributed by atoms with Crippen LogP contribution < -0.4 is 16.4 Å². The minimum absolute atomic E-state index is 0.0310. The maximum Gasteiger partial charge on any atom is 0.481 e. The summed E-state index contributed by atoms with van der Waals surface area (Å²) in [5.41, 5.74) is 4.28. The van der Waals surface area contributed by atoms with Gasteiger partial charge in [0.15, 0.2) is 22.8 Å². The lowest BCUT2D eigenvalue weighted by molar-refractivity contribution is -0.137. The van der Waals surface area contributed by atoms with Gasteiger partial charge in [-0.25, -0.2) is 28.6 Å². The Hall–Kier alpha value is -3.48. The molecule has 3 heterocycles. The average molecular weight is 1080 g/mol. The zero-order chi connectivity index (χ0) is 52.5. The smallest absolute Gasteiger partial charge is 0.386 e. The van der Waals surface area contributed by atoms with E-state index in [1.807, 2.05) is 0 Å². The number of hydrogen-bond donors (Lipinski definition) is 9. The normalized spacial score (nSPS) is 20.1. The summed E-state index contributed by atoms with van der Waals surface area (Å²) in [4.78, 5) is 88.4. The molecular weight excluding hydrogens is 1010 g/mol. The summed E-state index contributed by atoms with van der Waals surface area (Å²) in [6.07, 6.45) is 22.5. The molecule has 2 amide bonds. The SMILES string of the molecule is CCCCC/C=C\C/C=C\C/C=C\C/C=C\CCCCCC(=O)SCCNC(=O)CCNC(=O)[C@H](O)C(C)(C)COP(=O)(O)OP(=O)(O)OC[C@H]1O[C@@H](n2cnc3c(N)ncnc32)[C@H](O)[C@@H]1OP(=O)(O)O. The molecule has 0 bridgehead atoms. The number of thioether (sulfide) groups is 1. The first kappa shape index (κ1) is 61.8. The number of phosphoric acid groups is 3. The van der Waals surface area contributed by atoms with E-state index in [0.717, 1.165) is 80.4 Å². The maximum absolute atomic E-state index is 12.8. The van der Waals surface area contributed by atoms with E-state index < -0.39 is 84.6 Å².